The van der Waals surface area contributed by atoms with Gasteiger partial charge in [-0.05, 0) is 45.5 Å². The molecule has 1 aromatic rings. The second-order valence-corrected chi connectivity index (χ2v) is 5.63. The van der Waals surface area contributed by atoms with Gasteiger partial charge in [0.2, 0.25) is 0 Å². The summed E-state index contributed by atoms with van der Waals surface area (Å²) in [5.74, 6) is 0. The van der Waals surface area contributed by atoms with Crippen molar-refractivity contribution in [3.63, 3.8) is 0 Å². The second-order valence-electron chi connectivity index (χ2n) is 5.63. The van der Waals surface area contributed by atoms with Crippen LogP contribution in [0.3, 0.4) is 0 Å². The molecule has 2 N–H and O–H groups in total. The van der Waals surface area contributed by atoms with Crippen molar-refractivity contribution in [3.8, 4) is 0 Å². The first kappa shape index (κ1) is 13.5. The van der Waals surface area contributed by atoms with E-state index < -0.39 is 5.60 Å². The minimum atomic E-state index is -0.509. The molecule has 1 heterocycles. The molecule has 100 valence electrons. The topological polar surface area (TPSA) is 35.5 Å². The van der Waals surface area contributed by atoms with Gasteiger partial charge < -0.3 is 10.4 Å². The molecular formula is C15H24N2O. The lowest BCUT2D eigenvalue weighted by atomic mass is 9.92. The molecule has 0 radical (unpaired) electrons. The minimum Gasteiger partial charge on any atom is -0.388 e. The molecule has 0 atom stereocenters. The van der Waals surface area contributed by atoms with E-state index in [2.05, 4.69) is 48.5 Å². The van der Waals surface area contributed by atoms with Crippen LogP contribution in [0.2, 0.25) is 0 Å². The monoisotopic (exact) mass is 248 g/mol. The van der Waals surface area contributed by atoms with E-state index in [0.29, 0.717) is 0 Å². The predicted octanol–water partition coefficient (Wildman–Crippen LogP) is 1.54. The highest BCUT2D eigenvalue weighted by Crippen LogP contribution is 2.19. The Morgan fingerprint density at radius 2 is 1.83 bits per heavy atom. The van der Waals surface area contributed by atoms with Gasteiger partial charge in [-0.2, -0.15) is 0 Å². The number of likely N-dealkylation sites (N-methyl/N-ethyl adjacent to an activating group) is 1. The summed E-state index contributed by atoms with van der Waals surface area (Å²) in [5, 5.41) is 13.8. The average Bonchev–Trinajstić information content (AvgIpc) is 2.32. The van der Waals surface area contributed by atoms with Crippen molar-refractivity contribution in [2.24, 2.45) is 0 Å². The number of nitrogens with one attached hydrogen (secondary N) is 1. The van der Waals surface area contributed by atoms with Crippen molar-refractivity contribution in [3.05, 3.63) is 35.4 Å². The number of rotatable bonds is 4. The van der Waals surface area contributed by atoms with Crippen LogP contribution in [0.25, 0.3) is 0 Å². The van der Waals surface area contributed by atoms with E-state index in [1.807, 2.05) is 0 Å². The van der Waals surface area contributed by atoms with Gasteiger partial charge in [0.25, 0.3) is 0 Å². The van der Waals surface area contributed by atoms with Gasteiger partial charge in [-0.3, -0.25) is 4.90 Å². The van der Waals surface area contributed by atoms with Crippen LogP contribution in [0.5, 0.6) is 0 Å². The van der Waals surface area contributed by atoms with Crippen molar-refractivity contribution >= 4 is 0 Å². The molecule has 0 aromatic heterocycles. The summed E-state index contributed by atoms with van der Waals surface area (Å²) in [5.41, 5.74) is 2.09. The quantitative estimate of drug-likeness (QED) is 0.848. The van der Waals surface area contributed by atoms with Crippen LogP contribution in [0, 0.1) is 6.92 Å². The lowest BCUT2D eigenvalue weighted by molar-refractivity contribution is -0.0168. The lowest BCUT2D eigenvalue weighted by Crippen LogP contribution is -2.48. The van der Waals surface area contributed by atoms with Crippen LogP contribution in [-0.2, 0) is 6.54 Å². The molecule has 3 heteroatoms. The Morgan fingerprint density at radius 3 is 2.44 bits per heavy atom. The highest BCUT2D eigenvalue weighted by Gasteiger charge is 2.30. The molecule has 1 aliphatic heterocycles. The van der Waals surface area contributed by atoms with Gasteiger partial charge in [-0.15, -0.1) is 0 Å². The third-order valence-electron chi connectivity index (χ3n) is 3.67. The van der Waals surface area contributed by atoms with E-state index in [1.54, 1.807) is 0 Å². The number of aryl methyl sites for hydroxylation is 1. The normalized spacial score (nSPS) is 19.1. The fraction of sp³-hybridized carbons (Fsp3) is 0.600. The van der Waals surface area contributed by atoms with Crippen LogP contribution in [0.4, 0.5) is 0 Å². The van der Waals surface area contributed by atoms with Crippen LogP contribution in [0.1, 0.15) is 24.0 Å². The highest BCUT2D eigenvalue weighted by molar-refractivity contribution is 5.21. The van der Waals surface area contributed by atoms with Gasteiger partial charge in [-0.1, -0.05) is 29.8 Å². The Morgan fingerprint density at radius 1 is 1.22 bits per heavy atom. The smallest absolute Gasteiger partial charge is 0.0798 e. The Labute approximate surface area is 110 Å². The van der Waals surface area contributed by atoms with E-state index in [4.69, 9.17) is 0 Å². The van der Waals surface area contributed by atoms with Crippen molar-refractivity contribution in [1.82, 2.24) is 10.2 Å². The number of nitrogens with zero attached hydrogens (tertiary/aromatic N) is 1. The molecule has 0 saturated carbocycles. The Bertz CT molecular complexity index is 369. The molecule has 3 nitrogen and oxygen atoms in total. The second kappa shape index (κ2) is 5.83. The molecule has 1 aliphatic rings. The zero-order chi connectivity index (χ0) is 13.0. The van der Waals surface area contributed by atoms with Crippen LogP contribution >= 0.6 is 0 Å². The molecule has 0 bridgehead atoms. The van der Waals surface area contributed by atoms with E-state index in [1.165, 1.54) is 11.1 Å². The van der Waals surface area contributed by atoms with E-state index in [-0.39, 0.29) is 0 Å². The first-order valence-electron chi connectivity index (χ1n) is 6.75. The van der Waals surface area contributed by atoms with E-state index >= 15 is 0 Å². The summed E-state index contributed by atoms with van der Waals surface area (Å²) in [6.45, 7) is 5.60. The van der Waals surface area contributed by atoms with Gasteiger partial charge in [0.1, 0.15) is 0 Å². The average molecular weight is 248 g/mol. The molecule has 1 fully saturated rings. The number of hydrogen-bond acceptors (Lipinski definition) is 3. The molecule has 0 aliphatic carbocycles. The molecule has 1 aromatic carbocycles. The first-order chi connectivity index (χ1) is 8.57. The maximum absolute atomic E-state index is 10.5. The van der Waals surface area contributed by atoms with Gasteiger partial charge >= 0.3 is 0 Å². The fourth-order valence-electron chi connectivity index (χ4n) is 2.61. The summed E-state index contributed by atoms with van der Waals surface area (Å²) >= 11 is 0. The van der Waals surface area contributed by atoms with Crippen molar-refractivity contribution in [1.29, 1.82) is 0 Å². The predicted molar refractivity (Wildman–Crippen MR) is 74.6 cm³/mol. The largest absolute Gasteiger partial charge is 0.388 e. The summed E-state index contributed by atoms with van der Waals surface area (Å²) < 4.78 is 0. The zero-order valence-electron chi connectivity index (χ0n) is 11.4. The van der Waals surface area contributed by atoms with Gasteiger partial charge in [0, 0.05) is 13.1 Å². The Balaban J connectivity index is 1.87. The van der Waals surface area contributed by atoms with Crippen molar-refractivity contribution in [2.75, 3.05) is 26.7 Å². The number of benzene rings is 1. The highest BCUT2D eigenvalue weighted by atomic mass is 16.3. The standard InChI is InChI=1S/C15H24N2O/c1-13-3-5-14(6-4-13)11-17(2)12-15(18)7-9-16-10-8-15/h3-6,16,18H,7-12H2,1-2H3. The van der Waals surface area contributed by atoms with Crippen LogP contribution in [0.15, 0.2) is 24.3 Å². The third-order valence-corrected chi connectivity index (χ3v) is 3.67. The Hall–Kier alpha value is -0.900. The van der Waals surface area contributed by atoms with Gasteiger partial charge in [-0.25, -0.2) is 0 Å². The summed E-state index contributed by atoms with van der Waals surface area (Å²) in [6.07, 6.45) is 1.70. The molecule has 0 spiro atoms. The molecule has 18 heavy (non-hydrogen) atoms. The summed E-state index contributed by atoms with van der Waals surface area (Å²) in [7, 11) is 2.08. The maximum atomic E-state index is 10.5. The zero-order valence-corrected chi connectivity index (χ0v) is 11.4. The van der Waals surface area contributed by atoms with Gasteiger partial charge in [0.05, 0.1) is 5.60 Å². The van der Waals surface area contributed by atoms with Gasteiger partial charge in [0.15, 0.2) is 0 Å². The van der Waals surface area contributed by atoms with Crippen molar-refractivity contribution < 1.29 is 5.11 Å². The summed E-state index contributed by atoms with van der Waals surface area (Å²) in [6, 6.07) is 8.61. The van der Waals surface area contributed by atoms with E-state index in [9.17, 15) is 5.11 Å². The molecular weight excluding hydrogens is 224 g/mol. The van der Waals surface area contributed by atoms with E-state index in [0.717, 1.165) is 39.0 Å². The summed E-state index contributed by atoms with van der Waals surface area (Å²) in [4.78, 5) is 2.22. The SMILES string of the molecule is Cc1ccc(CN(C)CC2(O)CCNCC2)cc1. The Kier molecular flexibility index (Phi) is 4.38. The molecule has 1 saturated heterocycles. The molecule has 0 amide bonds. The molecule has 0 unspecified atom stereocenters. The number of hydrogen-bond donors (Lipinski definition) is 2. The number of piperidine rings is 1. The first-order valence-corrected chi connectivity index (χ1v) is 6.75. The third kappa shape index (κ3) is 3.80. The minimum absolute atomic E-state index is 0.509. The maximum Gasteiger partial charge on any atom is 0.0798 e. The lowest BCUT2D eigenvalue weighted by Gasteiger charge is -2.36. The molecule has 2 rings (SSSR count). The van der Waals surface area contributed by atoms with Crippen LogP contribution < -0.4 is 5.32 Å². The fourth-order valence-corrected chi connectivity index (χ4v) is 2.61. The van der Waals surface area contributed by atoms with Crippen LogP contribution in [-0.4, -0.2) is 42.3 Å². The number of aliphatic hydroxyl groups is 1. The van der Waals surface area contributed by atoms with Crippen molar-refractivity contribution in [2.45, 2.75) is 31.9 Å².